The highest BCUT2D eigenvalue weighted by Gasteiger charge is 3.22. The highest BCUT2D eigenvalue weighted by molar-refractivity contribution is 5.54. The standard InChI is InChI=1S/C16H16F13NO5/c17-7-11(18,19)8(33-4-1-30)14(24,25)9(12(7,20)21,34-5-2-31)16(28,29)10(13(7,22)23,15(8,26)27)35-6-3-32/h31-32H,1-6,30H2. The summed E-state index contributed by atoms with van der Waals surface area (Å²) in [5, 5.41) is 17.5. The normalized spacial score (nSPS) is 42.9. The Kier molecular flexibility index (Phi) is 5.88. The molecule has 4 bridgehead atoms. The Morgan fingerprint density at radius 2 is 0.714 bits per heavy atom. The Morgan fingerprint density at radius 1 is 0.457 bits per heavy atom. The molecule has 0 saturated heterocycles. The number of aliphatic hydroxyl groups excluding tert-OH is 2. The number of rotatable bonds is 9. The van der Waals surface area contributed by atoms with E-state index in [1.807, 2.05) is 0 Å². The van der Waals surface area contributed by atoms with Gasteiger partial charge in [0.2, 0.25) is 0 Å². The minimum Gasteiger partial charge on any atom is -0.394 e. The van der Waals surface area contributed by atoms with Crippen LogP contribution < -0.4 is 5.73 Å². The van der Waals surface area contributed by atoms with E-state index in [0.717, 1.165) is 0 Å². The van der Waals surface area contributed by atoms with Crippen LogP contribution in [0, 0.1) is 0 Å². The first-order valence-electron chi connectivity index (χ1n) is 9.48. The Balaban J connectivity index is 2.69. The van der Waals surface area contributed by atoms with E-state index in [-0.39, 0.29) is 0 Å². The number of hydrogen-bond donors (Lipinski definition) is 3. The van der Waals surface area contributed by atoms with E-state index < -0.39 is 97.6 Å². The van der Waals surface area contributed by atoms with Gasteiger partial charge in [-0.25, -0.2) is 4.39 Å². The van der Waals surface area contributed by atoms with Crippen molar-refractivity contribution in [3.63, 3.8) is 0 Å². The molecule has 0 spiro atoms. The van der Waals surface area contributed by atoms with Crippen LogP contribution in [0.25, 0.3) is 0 Å². The first-order chi connectivity index (χ1) is 15.7. The molecular formula is C16H16F13NO5. The molecule has 0 amide bonds. The average molecular weight is 549 g/mol. The van der Waals surface area contributed by atoms with Gasteiger partial charge in [0, 0.05) is 6.54 Å². The number of alkyl halides is 13. The number of nitrogens with two attached hydrogens (primary N) is 1. The van der Waals surface area contributed by atoms with Crippen LogP contribution in [-0.4, -0.2) is 108 Å². The molecule has 0 heterocycles. The summed E-state index contributed by atoms with van der Waals surface area (Å²) in [7, 11) is 0. The third-order valence-electron chi connectivity index (χ3n) is 6.53. The predicted octanol–water partition coefficient (Wildman–Crippen LogP) is 1.76. The van der Waals surface area contributed by atoms with Gasteiger partial charge >= 0.3 is 41.2 Å². The highest BCUT2D eigenvalue weighted by Crippen LogP contribution is 2.88. The lowest BCUT2D eigenvalue weighted by molar-refractivity contribution is -0.639. The summed E-state index contributed by atoms with van der Waals surface area (Å²) in [6, 6.07) is 0. The largest absolute Gasteiger partial charge is 0.394 e. The van der Waals surface area contributed by atoms with E-state index in [1.165, 1.54) is 0 Å². The van der Waals surface area contributed by atoms with Crippen LogP contribution in [0.1, 0.15) is 0 Å². The fraction of sp³-hybridized carbons (Fsp3) is 1.00. The maximum Gasteiger partial charge on any atom is 0.334 e. The molecule has 0 aromatic carbocycles. The molecule has 2 atom stereocenters. The smallest absolute Gasteiger partial charge is 0.334 e. The summed E-state index contributed by atoms with van der Waals surface area (Å²) >= 11 is 0. The Bertz CT molecular complexity index is 741. The summed E-state index contributed by atoms with van der Waals surface area (Å²) < 4.78 is 211. The lowest BCUT2D eigenvalue weighted by Crippen LogP contribution is -3.11. The molecule has 4 saturated carbocycles. The lowest BCUT2D eigenvalue weighted by Gasteiger charge is -2.77. The van der Waals surface area contributed by atoms with Gasteiger partial charge in [-0.2, -0.15) is 52.7 Å². The van der Waals surface area contributed by atoms with Crippen LogP contribution in [0.4, 0.5) is 57.1 Å². The monoisotopic (exact) mass is 549 g/mol. The first kappa shape index (κ1) is 28.4. The summed E-state index contributed by atoms with van der Waals surface area (Å²) in [6.07, 6.45) is 0. The lowest BCUT2D eigenvalue weighted by atomic mass is 9.39. The minimum atomic E-state index is -7.35. The zero-order valence-electron chi connectivity index (χ0n) is 16.9. The molecule has 4 aliphatic rings. The van der Waals surface area contributed by atoms with Crippen LogP contribution in [0.15, 0.2) is 0 Å². The molecule has 4 rings (SSSR count). The van der Waals surface area contributed by atoms with Crippen LogP contribution in [-0.2, 0) is 14.2 Å². The van der Waals surface area contributed by atoms with Crippen LogP contribution >= 0.6 is 0 Å². The molecule has 0 radical (unpaired) electrons. The third-order valence-corrected chi connectivity index (χ3v) is 6.53. The molecule has 19 heteroatoms. The zero-order chi connectivity index (χ0) is 27.4. The van der Waals surface area contributed by atoms with Gasteiger partial charge in [0.1, 0.15) is 0 Å². The van der Waals surface area contributed by atoms with Crippen molar-refractivity contribution in [3.05, 3.63) is 0 Å². The van der Waals surface area contributed by atoms with E-state index in [4.69, 9.17) is 15.9 Å². The molecule has 0 aromatic rings. The van der Waals surface area contributed by atoms with Crippen molar-refractivity contribution in [2.75, 3.05) is 39.6 Å². The molecule has 35 heavy (non-hydrogen) atoms. The van der Waals surface area contributed by atoms with Gasteiger partial charge in [0.15, 0.2) is 0 Å². The van der Waals surface area contributed by atoms with Crippen molar-refractivity contribution in [2.45, 2.75) is 58.0 Å². The Hall–Kier alpha value is -1.15. The number of hydrogen-bond acceptors (Lipinski definition) is 6. The number of halogens is 13. The van der Waals surface area contributed by atoms with Gasteiger partial charge in [-0.05, 0) is 0 Å². The van der Waals surface area contributed by atoms with Crippen LogP contribution in [0.5, 0.6) is 0 Å². The summed E-state index contributed by atoms with van der Waals surface area (Å²) in [5.74, 6) is -43.3. The van der Waals surface area contributed by atoms with Crippen LogP contribution in [0.2, 0.25) is 0 Å². The Labute approximate surface area is 186 Å². The summed E-state index contributed by atoms with van der Waals surface area (Å²) in [6.45, 7) is -10.9. The van der Waals surface area contributed by atoms with Crippen LogP contribution in [0.3, 0.4) is 0 Å². The fourth-order valence-electron chi connectivity index (χ4n) is 5.26. The second kappa shape index (κ2) is 7.24. The van der Waals surface area contributed by atoms with E-state index in [9.17, 15) is 0 Å². The molecule has 206 valence electrons. The van der Waals surface area contributed by atoms with Crippen molar-refractivity contribution in [1.82, 2.24) is 0 Å². The Morgan fingerprint density at radius 3 is 0.943 bits per heavy atom. The SMILES string of the molecule is NCCOC12C(F)(F)C3(F)C(F)(F)C(OCCO)(C1(F)F)C(F)(F)C(OCCO)(C3(F)F)C2(F)F. The minimum absolute atomic E-state index is 1.26. The average Bonchev–Trinajstić information content (AvgIpc) is 2.70. The maximum absolute atomic E-state index is 15.6. The topological polar surface area (TPSA) is 94.2 Å². The van der Waals surface area contributed by atoms with Crippen molar-refractivity contribution in [1.29, 1.82) is 0 Å². The molecule has 4 fully saturated rings. The van der Waals surface area contributed by atoms with E-state index in [2.05, 4.69) is 14.2 Å². The summed E-state index contributed by atoms with van der Waals surface area (Å²) in [4.78, 5) is 0. The third kappa shape index (κ3) is 2.11. The number of ether oxygens (including phenoxy) is 3. The second-order valence-electron chi connectivity index (χ2n) is 7.93. The summed E-state index contributed by atoms with van der Waals surface area (Å²) in [5.41, 5.74) is -22.1. The van der Waals surface area contributed by atoms with Gasteiger partial charge in [-0.1, -0.05) is 0 Å². The first-order valence-corrected chi connectivity index (χ1v) is 9.48. The fourth-order valence-corrected chi connectivity index (χ4v) is 5.26. The molecule has 0 aliphatic heterocycles. The van der Waals surface area contributed by atoms with Gasteiger partial charge in [-0.3, -0.25) is 0 Å². The van der Waals surface area contributed by atoms with Gasteiger partial charge < -0.3 is 30.2 Å². The molecule has 6 nitrogen and oxygen atoms in total. The van der Waals surface area contributed by atoms with Crippen molar-refractivity contribution < 1.29 is 81.5 Å². The van der Waals surface area contributed by atoms with E-state index in [1.54, 1.807) is 0 Å². The zero-order valence-corrected chi connectivity index (χ0v) is 16.9. The van der Waals surface area contributed by atoms with Gasteiger partial charge in [-0.15, -0.1) is 0 Å². The quantitative estimate of drug-likeness (QED) is 0.380. The number of aliphatic hydroxyl groups is 2. The van der Waals surface area contributed by atoms with Gasteiger partial charge in [0.05, 0.1) is 33.0 Å². The molecule has 0 aromatic heterocycles. The molecular weight excluding hydrogens is 533 g/mol. The van der Waals surface area contributed by atoms with E-state index in [0.29, 0.717) is 0 Å². The second-order valence-corrected chi connectivity index (χ2v) is 7.93. The van der Waals surface area contributed by atoms with Gasteiger partial charge in [0.25, 0.3) is 16.8 Å². The van der Waals surface area contributed by atoms with Crippen molar-refractivity contribution >= 4 is 0 Å². The molecule has 4 aliphatic carbocycles. The van der Waals surface area contributed by atoms with Crippen molar-refractivity contribution in [2.24, 2.45) is 5.73 Å². The highest BCUT2D eigenvalue weighted by atomic mass is 19.3. The predicted molar refractivity (Wildman–Crippen MR) is 82.8 cm³/mol. The molecule has 4 N–H and O–H groups in total. The maximum atomic E-state index is 15.6. The van der Waals surface area contributed by atoms with Crippen molar-refractivity contribution in [3.8, 4) is 0 Å². The molecule has 2 unspecified atom stereocenters. The van der Waals surface area contributed by atoms with E-state index >= 15 is 57.1 Å².